The molecule has 0 aromatic heterocycles. The van der Waals surface area contributed by atoms with Crippen molar-refractivity contribution in [3.8, 4) is 0 Å². The molecule has 0 radical (unpaired) electrons. The van der Waals surface area contributed by atoms with Crippen molar-refractivity contribution in [3.63, 3.8) is 0 Å². The highest BCUT2D eigenvalue weighted by Crippen LogP contribution is 2.41. The minimum absolute atomic E-state index is 0.0379. The first kappa shape index (κ1) is 68.0. The smallest absolute Gasteiger partial charge is 0.407 e. The number of nitrogens with two attached hydrogens (primary N) is 2. The van der Waals surface area contributed by atoms with Gasteiger partial charge < -0.3 is 52.8 Å². The van der Waals surface area contributed by atoms with Gasteiger partial charge in [-0.1, -0.05) is 77.0 Å². The molecule has 440 valence electrons. The van der Waals surface area contributed by atoms with Crippen molar-refractivity contribution in [2.24, 2.45) is 33.1 Å². The molecule has 0 saturated heterocycles. The number of rotatable bonds is 30. The van der Waals surface area contributed by atoms with Crippen LogP contribution in [0.25, 0.3) is 0 Å². The number of carbonyl (C=O) groups is 6. The van der Waals surface area contributed by atoms with E-state index in [1.807, 2.05) is 65.1 Å². The van der Waals surface area contributed by atoms with Crippen LogP contribution in [-0.2, 0) is 28.7 Å². The summed E-state index contributed by atoms with van der Waals surface area (Å²) in [5, 5.41) is 19.9. The lowest BCUT2D eigenvalue weighted by Crippen LogP contribution is -2.44. The summed E-state index contributed by atoms with van der Waals surface area (Å²) in [5.41, 5.74) is 10.5. The molecule has 4 rings (SSSR count). The highest BCUT2D eigenvalue weighted by atomic mass is 32.2. The van der Waals surface area contributed by atoms with Crippen LogP contribution in [0.5, 0.6) is 0 Å². The third kappa shape index (κ3) is 29.8. The molecular formula is C56H104N8O8S4. The molecule has 0 aliphatic heterocycles. The Bertz CT molecular complexity index is 1590. The van der Waals surface area contributed by atoms with E-state index in [1.165, 1.54) is 51.4 Å². The molecule has 76 heavy (non-hydrogen) atoms. The third-order valence-corrected chi connectivity index (χ3v) is 19.9. The number of nitrogens with one attached hydrogen (secondary N) is 6. The molecule has 0 aromatic carbocycles. The van der Waals surface area contributed by atoms with E-state index in [0.717, 1.165) is 110 Å². The predicted molar refractivity (Wildman–Crippen MR) is 319 cm³/mol. The van der Waals surface area contributed by atoms with E-state index in [0.29, 0.717) is 78.0 Å². The van der Waals surface area contributed by atoms with Crippen molar-refractivity contribution in [3.05, 3.63) is 0 Å². The van der Waals surface area contributed by atoms with Gasteiger partial charge in [0.1, 0.15) is 11.2 Å². The Hall–Kier alpha value is -2.26. The number of hydrogen-bond donors (Lipinski definition) is 8. The predicted octanol–water partition coefficient (Wildman–Crippen LogP) is 9.61. The monoisotopic (exact) mass is 1140 g/mol. The molecule has 4 aliphatic carbocycles. The van der Waals surface area contributed by atoms with Gasteiger partial charge in [0.15, 0.2) is 0 Å². The summed E-state index contributed by atoms with van der Waals surface area (Å²) < 4.78 is 10.8. The van der Waals surface area contributed by atoms with Gasteiger partial charge in [-0.2, -0.15) is 0 Å². The van der Waals surface area contributed by atoms with E-state index in [9.17, 15) is 28.8 Å². The lowest BCUT2D eigenvalue weighted by Gasteiger charge is -2.37. The molecular weight excluding hydrogens is 1040 g/mol. The first-order chi connectivity index (χ1) is 36.1. The normalized spacial score (nSPS) is 18.8. The van der Waals surface area contributed by atoms with Crippen LogP contribution in [0.3, 0.4) is 0 Å². The van der Waals surface area contributed by atoms with Gasteiger partial charge in [-0.25, -0.2) is 9.59 Å². The molecule has 16 nitrogen and oxygen atoms in total. The van der Waals surface area contributed by atoms with Crippen LogP contribution >= 0.6 is 47.0 Å². The Balaban J connectivity index is 0.000000428. The van der Waals surface area contributed by atoms with Crippen LogP contribution in [0.15, 0.2) is 0 Å². The minimum atomic E-state index is -0.549. The average molecular weight is 1150 g/mol. The maximum atomic E-state index is 12.8. The third-order valence-electron chi connectivity index (χ3n) is 15.3. The van der Waals surface area contributed by atoms with E-state index in [2.05, 4.69) is 31.9 Å². The molecule has 6 amide bonds. The molecule has 0 aromatic rings. The molecule has 0 unspecified atom stereocenters. The number of alkyl carbamates (subject to hydrolysis) is 2. The van der Waals surface area contributed by atoms with Gasteiger partial charge in [-0.05, 0) is 128 Å². The number of amides is 6. The highest BCUT2D eigenvalue weighted by molar-refractivity contribution is 8.16. The number of thioether (sulfide) groups is 4. The van der Waals surface area contributed by atoms with Crippen molar-refractivity contribution in [1.82, 2.24) is 31.9 Å². The maximum absolute atomic E-state index is 12.8. The SMILES string of the molecule is CC(C)(C)OC(=O)NCC1(CC(=O)NCCSCSCCNC(=O)CC2(CNC(=O)OC(C)(C)C)CCCCC2)CCCCC1.NCC1(CC(=O)NCCSCSCCNC(=O)CC2(CN)CCCCC2)CCCCC1. The average Bonchev–Trinajstić information content (AvgIpc) is 3.37. The highest BCUT2D eigenvalue weighted by Gasteiger charge is 2.38. The maximum Gasteiger partial charge on any atom is 0.407 e. The van der Waals surface area contributed by atoms with Crippen LogP contribution < -0.4 is 43.4 Å². The zero-order chi connectivity index (χ0) is 55.8. The molecule has 10 N–H and O–H groups in total. The second-order valence-electron chi connectivity index (χ2n) is 24.3. The lowest BCUT2D eigenvalue weighted by molar-refractivity contribution is -0.124. The first-order valence-corrected chi connectivity index (χ1v) is 33.5. The van der Waals surface area contributed by atoms with E-state index in [1.54, 1.807) is 23.5 Å². The standard InChI is InChI=1S/C33H60N4O6S2.C23H44N4O2S2/c1-30(2,3)42-28(40)36-23-32(13-9-7-10-14-32)21-26(38)34-17-19-44-25-45-20-18-35-27(39)22-33(15-11-8-12-16-33)24-37-29(41)43-31(4,5)6;24-17-22(7-3-1-4-8-22)15-20(28)26-11-13-30-19-31-14-12-27-21(29)16-23(18-25)9-5-2-6-10-23/h7-25H2,1-6H3,(H,34,38)(H,35,39)(H,36,40)(H,37,41);1-19,24-25H2,(H,26,28)(H,27,29). The molecule has 0 atom stereocenters. The minimum Gasteiger partial charge on any atom is -0.444 e. The van der Waals surface area contributed by atoms with Crippen LogP contribution in [0.4, 0.5) is 9.59 Å². The first-order valence-electron chi connectivity index (χ1n) is 28.9. The summed E-state index contributed by atoms with van der Waals surface area (Å²) in [5.74, 6) is 3.85. The largest absolute Gasteiger partial charge is 0.444 e. The molecule has 20 heteroatoms. The van der Waals surface area contributed by atoms with Crippen LogP contribution in [0.1, 0.15) is 196 Å². The van der Waals surface area contributed by atoms with Gasteiger partial charge >= 0.3 is 12.2 Å². The second-order valence-corrected chi connectivity index (χ2v) is 29.5. The quantitative estimate of drug-likeness (QED) is 0.0247. The zero-order valence-electron chi connectivity index (χ0n) is 47.9. The van der Waals surface area contributed by atoms with Gasteiger partial charge in [0.25, 0.3) is 0 Å². The van der Waals surface area contributed by atoms with E-state index in [4.69, 9.17) is 20.9 Å². The van der Waals surface area contributed by atoms with E-state index < -0.39 is 23.4 Å². The van der Waals surface area contributed by atoms with Crippen LogP contribution in [0, 0.1) is 21.7 Å². The van der Waals surface area contributed by atoms with Gasteiger partial charge in [0.05, 0.1) is 0 Å². The molecule has 4 fully saturated rings. The lowest BCUT2D eigenvalue weighted by atomic mass is 9.71. The molecule has 0 bridgehead atoms. The molecule has 0 spiro atoms. The fourth-order valence-electron chi connectivity index (χ4n) is 11.1. The molecule has 0 heterocycles. The van der Waals surface area contributed by atoms with Crippen molar-refractivity contribution in [1.29, 1.82) is 0 Å². The van der Waals surface area contributed by atoms with Crippen molar-refractivity contribution < 1.29 is 38.2 Å². The Labute approximate surface area is 475 Å². The van der Waals surface area contributed by atoms with Crippen LogP contribution in [0.2, 0.25) is 0 Å². The molecule has 4 saturated carbocycles. The number of carbonyl (C=O) groups excluding carboxylic acids is 6. The zero-order valence-corrected chi connectivity index (χ0v) is 51.2. The fraction of sp³-hybridized carbons (Fsp3) is 0.893. The number of hydrogen-bond acceptors (Lipinski definition) is 14. The summed E-state index contributed by atoms with van der Waals surface area (Å²) in [4.78, 5) is 74.5. The summed E-state index contributed by atoms with van der Waals surface area (Å²) in [6.07, 6.45) is 23.2. The topological polar surface area (TPSA) is 245 Å². The van der Waals surface area contributed by atoms with Gasteiger partial charge in [-0.15, -0.1) is 47.0 Å². The van der Waals surface area contributed by atoms with Crippen LogP contribution in [-0.4, -0.2) is 133 Å². The summed E-state index contributed by atoms with van der Waals surface area (Å²) in [6, 6.07) is 0. The number of ether oxygens (including phenoxy) is 2. The Morgan fingerprint density at radius 1 is 0.382 bits per heavy atom. The summed E-state index contributed by atoms with van der Waals surface area (Å²) in [6.45, 7) is 15.9. The van der Waals surface area contributed by atoms with Gasteiger partial charge in [0.2, 0.25) is 23.6 Å². The van der Waals surface area contributed by atoms with E-state index >= 15 is 0 Å². The Kier molecular flexibility index (Phi) is 32.4. The Morgan fingerprint density at radius 2 is 0.618 bits per heavy atom. The van der Waals surface area contributed by atoms with Gasteiger partial charge in [0, 0.05) is 98.1 Å². The summed E-state index contributed by atoms with van der Waals surface area (Å²) in [7, 11) is 0. The Morgan fingerprint density at radius 3 is 0.855 bits per heavy atom. The van der Waals surface area contributed by atoms with Crippen molar-refractivity contribution >= 4 is 82.9 Å². The second kappa shape index (κ2) is 36.2. The van der Waals surface area contributed by atoms with Crippen molar-refractivity contribution in [2.45, 2.75) is 207 Å². The molecule has 4 aliphatic rings. The van der Waals surface area contributed by atoms with Crippen molar-refractivity contribution in [2.75, 3.05) is 85.5 Å². The van der Waals surface area contributed by atoms with Gasteiger partial charge in [-0.3, -0.25) is 19.2 Å². The fourth-order valence-corrected chi connectivity index (χ4v) is 14.9. The summed E-state index contributed by atoms with van der Waals surface area (Å²) >= 11 is 7.20. The van der Waals surface area contributed by atoms with E-state index in [-0.39, 0.29) is 45.3 Å².